The average Bonchev–Trinajstić information content (AvgIpc) is 2.90. The molecule has 0 saturated heterocycles. The number of aromatic nitrogens is 2. The van der Waals surface area contributed by atoms with Crippen molar-refractivity contribution in [1.82, 2.24) is 9.97 Å². The van der Waals surface area contributed by atoms with Crippen molar-refractivity contribution < 1.29 is 4.39 Å². The van der Waals surface area contributed by atoms with Gasteiger partial charge in [-0.3, -0.25) is 0 Å². The van der Waals surface area contributed by atoms with Crippen LogP contribution in [0.25, 0.3) is 11.0 Å². The van der Waals surface area contributed by atoms with Gasteiger partial charge in [-0.15, -0.1) is 0 Å². The van der Waals surface area contributed by atoms with Gasteiger partial charge in [0.15, 0.2) is 0 Å². The second-order valence-corrected chi connectivity index (χ2v) is 6.47. The summed E-state index contributed by atoms with van der Waals surface area (Å²) in [6.07, 6.45) is 3.16. The molecule has 0 spiro atoms. The van der Waals surface area contributed by atoms with Gasteiger partial charge in [0.25, 0.3) is 0 Å². The molecule has 106 valence electrons. The van der Waals surface area contributed by atoms with Crippen LogP contribution in [0.3, 0.4) is 0 Å². The molecule has 1 unspecified atom stereocenters. The normalized spacial score (nSPS) is 17.9. The largest absolute Gasteiger partial charge is 0.342 e. The molecule has 1 heterocycles. The van der Waals surface area contributed by atoms with Gasteiger partial charge < -0.3 is 4.98 Å². The Morgan fingerprint density at radius 1 is 1.19 bits per heavy atom. The van der Waals surface area contributed by atoms with Gasteiger partial charge in [-0.1, -0.05) is 24.3 Å². The predicted molar refractivity (Wildman–Crippen MR) is 85.0 cm³/mol. The van der Waals surface area contributed by atoms with Crippen LogP contribution in [0.1, 0.15) is 29.3 Å². The molecule has 1 aliphatic carbocycles. The SMILES string of the molecule is Fc1cc2[nH]c(C3CCc4ccccc4C3)nc2cc1Br. The maximum Gasteiger partial charge on any atom is 0.139 e. The molecule has 2 nitrogen and oxygen atoms in total. The maximum absolute atomic E-state index is 13.6. The van der Waals surface area contributed by atoms with Gasteiger partial charge in [0, 0.05) is 12.0 Å². The molecular formula is C17H14BrFN2. The van der Waals surface area contributed by atoms with E-state index in [1.165, 1.54) is 17.2 Å². The molecule has 3 aromatic rings. The van der Waals surface area contributed by atoms with E-state index in [1.807, 2.05) is 0 Å². The van der Waals surface area contributed by atoms with E-state index in [1.54, 1.807) is 6.07 Å². The molecule has 1 N–H and O–H groups in total. The number of nitrogens with one attached hydrogen (secondary N) is 1. The Morgan fingerprint density at radius 3 is 2.86 bits per heavy atom. The number of benzene rings is 2. The Morgan fingerprint density at radius 2 is 2.00 bits per heavy atom. The molecule has 0 saturated carbocycles. The van der Waals surface area contributed by atoms with E-state index in [-0.39, 0.29) is 5.82 Å². The van der Waals surface area contributed by atoms with E-state index in [0.717, 1.165) is 36.1 Å². The molecule has 0 radical (unpaired) electrons. The highest BCUT2D eigenvalue weighted by molar-refractivity contribution is 9.10. The molecule has 0 fully saturated rings. The van der Waals surface area contributed by atoms with Crippen LogP contribution >= 0.6 is 15.9 Å². The second kappa shape index (κ2) is 4.95. The molecule has 1 atom stereocenters. The summed E-state index contributed by atoms with van der Waals surface area (Å²) in [5.41, 5.74) is 4.43. The quantitative estimate of drug-likeness (QED) is 0.678. The molecule has 0 aliphatic heterocycles. The highest BCUT2D eigenvalue weighted by atomic mass is 79.9. The third-order valence-electron chi connectivity index (χ3n) is 4.28. The Balaban J connectivity index is 1.71. The van der Waals surface area contributed by atoms with Gasteiger partial charge in [-0.25, -0.2) is 9.37 Å². The van der Waals surface area contributed by atoms with Gasteiger partial charge in [0.05, 0.1) is 15.5 Å². The van der Waals surface area contributed by atoms with E-state index in [9.17, 15) is 4.39 Å². The smallest absolute Gasteiger partial charge is 0.139 e. The average molecular weight is 345 g/mol. The van der Waals surface area contributed by atoms with Crippen molar-refractivity contribution in [2.24, 2.45) is 0 Å². The summed E-state index contributed by atoms with van der Waals surface area (Å²) in [6.45, 7) is 0. The number of H-pyrrole nitrogens is 1. The molecule has 4 heteroatoms. The maximum atomic E-state index is 13.6. The van der Waals surface area contributed by atoms with Crippen LogP contribution in [0.5, 0.6) is 0 Å². The van der Waals surface area contributed by atoms with E-state index in [0.29, 0.717) is 10.4 Å². The van der Waals surface area contributed by atoms with E-state index < -0.39 is 0 Å². The lowest BCUT2D eigenvalue weighted by Crippen LogP contribution is -2.13. The fourth-order valence-corrected chi connectivity index (χ4v) is 3.48. The third-order valence-corrected chi connectivity index (χ3v) is 4.88. The van der Waals surface area contributed by atoms with Crippen LogP contribution in [0.15, 0.2) is 40.9 Å². The number of aromatic amines is 1. The lowest BCUT2D eigenvalue weighted by atomic mass is 9.83. The first-order valence-corrected chi connectivity index (χ1v) is 7.91. The zero-order valence-electron chi connectivity index (χ0n) is 11.4. The molecule has 0 bridgehead atoms. The number of hydrogen-bond donors (Lipinski definition) is 1. The van der Waals surface area contributed by atoms with E-state index in [2.05, 4.69) is 50.2 Å². The number of hydrogen-bond acceptors (Lipinski definition) is 1. The minimum atomic E-state index is -0.258. The minimum absolute atomic E-state index is 0.258. The van der Waals surface area contributed by atoms with E-state index >= 15 is 0 Å². The molecule has 21 heavy (non-hydrogen) atoms. The monoisotopic (exact) mass is 344 g/mol. The van der Waals surface area contributed by atoms with Crippen molar-refractivity contribution >= 4 is 27.0 Å². The molecule has 2 aromatic carbocycles. The van der Waals surface area contributed by atoms with Gasteiger partial charge in [-0.2, -0.15) is 0 Å². The second-order valence-electron chi connectivity index (χ2n) is 5.61. The highest BCUT2D eigenvalue weighted by Gasteiger charge is 2.22. The van der Waals surface area contributed by atoms with Crippen molar-refractivity contribution in [1.29, 1.82) is 0 Å². The molecular weight excluding hydrogens is 331 g/mol. The van der Waals surface area contributed by atoms with Crippen LogP contribution in [-0.4, -0.2) is 9.97 Å². The van der Waals surface area contributed by atoms with Crippen LogP contribution in [0.2, 0.25) is 0 Å². The summed E-state index contributed by atoms with van der Waals surface area (Å²) in [5.74, 6) is 1.10. The minimum Gasteiger partial charge on any atom is -0.342 e. The predicted octanol–water partition coefficient (Wildman–Crippen LogP) is 4.74. The van der Waals surface area contributed by atoms with Crippen molar-refractivity contribution in [3.8, 4) is 0 Å². The Kier molecular flexibility index (Phi) is 3.07. The lowest BCUT2D eigenvalue weighted by Gasteiger charge is -2.22. The zero-order valence-corrected chi connectivity index (χ0v) is 13.0. The van der Waals surface area contributed by atoms with Gasteiger partial charge in [0.2, 0.25) is 0 Å². The Bertz CT molecular complexity index is 786. The van der Waals surface area contributed by atoms with Crippen LogP contribution in [0, 0.1) is 5.82 Å². The summed E-state index contributed by atoms with van der Waals surface area (Å²) in [6, 6.07) is 11.8. The first-order chi connectivity index (χ1) is 10.2. The topological polar surface area (TPSA) is 28.7 Å². The number of halogens is 2. The summed E-state index contributed by atoms with van der Waals surface area (Å²) >= 11 is 3.21. The molecule has 4 rings (SSSR count). The Hall–Kier alpha value is -1.68. The van der Waals surface area contributed by atoms with Crippen molar-refractivity contribution in [2.45, 2.75) is 25.2 Å². The first-order valence-electron chi connectivity index (χ1n) is 7.12. The van der Waals surface area contributed by atoms with Crippen LogP contribution in [0.4, 0.5) is 4.39 Å². The number of fused-ring (bicyclic) bond motifs is 2. The van der Waals surface area contributed by atoms with Gasteiger partial charge >= 0.3 is 0 Å². The van der Waals surface area contributed by atoms with Gasteiger partial charge in [0.1, 0.15) is 11.6 Å². The van der Waals surface area contributed by atoms with Gasteiger partial charge in [-0.05, 0) is 52.4 Å². The number of nitrogens with zero attached hydrogens (tertiary/aromatic N) is 1. The Labute approximate surface area is 130 Å². The molecule has 1 aromatic heterocycles. The third kappa shape index (κ3) is 2.27. The fourth-order valence-electron chi connectivity index (χ4n) is 3.15. The van der Waals surface area contributed by atoms with Crippen molar-refractivity contribution in [3.05, 3.63) is 63.6 Å². The summed E-state index contributed by atoms with van der Waals surface area (Å²) in [7, 11) is 0. The summed E-state index contributed by atoms with van der Waals surface area (Å²) in [4.78, 5) is 7.95. The first kappa shape index (κ1) is 13.0. The summed E-state index contributed by atoms with van der Waals surface area (Å²) < 4.78 is 14.1. The zero-order chi connectivity index (χ0) is 14.4. The van der Waals surface area contributed by atoms with E-state index in [4.69, 9.17) is 0 Å². The fraction of sp³-hybridized carbons (Fsp3) is 0.235. The standard InChI is InChI=1S/C17H14BrFN2/c18-13-8-15-16(9-14(13)19)21-17(20-15)12-6-5-10-3-1-2-4-11(10)7-12/h1-4,8-9,12H,5-7H2,(H,20,21). The van der Waals surface area contributed by atoms with Crippen molar-refractivity contribution in [3.63, 3.8) is 0 Å². The van der Waals surface area contributed by atoms with Crippen molar-refractivity contribution in [2.75, 3.05) is 0 Å². The number of imidazole rings is 1. The number of rotatable bonds is 1. The molecule has 1 aliphatic rings. The lowest BCUT2D eigenvalue weighted by molar-refractivity contribution is 0.561. The summed E-state index contributed by atoms with van der Waals surface area (Å²) in [5, 5.41) is 0. The number of aryl methyl sites for hydroxylation is 1. The highest BCUT2D eigenvalue weighted by Crippen LogP contribution is 2.32. The van der Waals surface area contributed by atoms with Crippen LogP contribution < -0.4 is 0 Å². The molecule has 0 amide bonds. The van der Waals surface area contributed by atoms with Crippen LogP contribution in [-0.2, 0) is 12.8 Å².